The molecule has 0 aromatic rings. The third-order valence-corrected chi connectivity index (χ3v) is 5.77. The lowest BCUT2D eigenvalue weighted by molar-refractivity contribution is -0.150. The highest BCUT2D eigenvalue weighted by Gasteiger charge is 2.54. The fourth-order valence-electron chi connectivity index (χ4n) is 5.18. The maximum atomic E-state index is 12.6. The van der Waals surface area contributed by atoms with Crippen molar-refractivity contribution in [2.75, 3.05) is 7.11 Å². The second-order valence-electron chi connectivity index (χ2n) is 7.27. The molecule has 4 aliphatic rings. The van der Waals surface area contributed by atoms with Crippen LogP contribution in [0.4, 0.5) is 0 Å². The standard InChI is InChI=1S/C16H26N2O3/c1-3-13(21-2)14(19)17-18-15(20)16-7-10-4-11(8-16)6-12(5-10)9-16/h10-13H,3-9H2,1-2H3,(H,17,19)(H,18,20)/t10?,11?,12?,13-,16?/m0/s1. The Labute approximate surface area is 126 Å². The van der Waals surface area contributed by atoms with Gasteiger partial charge in [-0.1, -0.05) is 6.92 Å². The van der Waals surface area contributed by atoms with Gasteiger partial charge in [-0.25, -0.2) is 0 Å². The van der Waals surface area contributed by atoms with Crippen LogP contribution in [0.3, 0.4) is 0 Å². The molecule has 0 aromatic carbocycles. The van der Waals surface area contributed by atoms with Crippen LogP contribution < -0.4 is 10.9 Å². The average Bonchev–Trinajstić information content (AvgIpc) is 2.44. The van der Waals surface area contributed by atoms with Gasteiger partial charge in [0.15, 0.2) is 0 Å². The number of hydrogen-bond donors (Lipinski definition) is 2. The quantitative estimate of drug-likeness (QED) is 0.777. The van der Waals surface area contributed by atoms with Crippen molar-refractivity contribution < 1.29 is 14.3 Å². The fourth-order valence-corrected chi connectivity index (χ4v) is 5.18. The van der Waals surface area contributed by atoms with Crippen molar-refractivity contribution in [3.05, 3.63) is 0 Å². The van der Waals surface area contributed by atoms with Crippen molar-refractivity contribution in [2.24, 2.45) is 23.2 Å². The number of nitrogens with one attached hydrogen (secondary N) is 2. The summed E-state index contributed by atoms with van der Waals surface area (Å²) in [5, 5.41) is 0. The van der Waals surface area contributed by atoms with Gasteiger partial charge in [-0.3, -0.25) is 20.4 Å². The average molecular weight is 294 g/mol. The molecule has 4 fully saturated rings. The number of hydrazine groups is 1. The van der Waals surface area contributed by atoms with Crippen molar-refractivity contribution >= 4 is 11.8 Å². The van der Waals surface area contributed by atoms with Crippen molar-refractivity contribution in [3.63, 3.8) is 0 Å². The highest BCUT2D eigenvalue weighted by atomic mass is 16.5. The van der Waals surface area contributed by atoms with Crippen LogP contribution in [0.25, 0.3) is 0 Å². The largest absolute Gasteiger partial charge is 0.372 e. The molecule has 1 atom stereocenters. The van der Waals surface area contributed by atoms with E-state index in [1.54, 1.807) is 0 Å². The van der Waals surface area contributed by atoms with E-state index < -0.39 is 6.10 Å². The molecule has 2 amide bonds. The molecule has 0 unspecified atom stereocenters. The molecule has 21 heavy (non-hydrogen) atoms. The van der Waals surface area contributed by atoms with Gasteiger partial charge in [0.05, 0.1) is 5.41 Å². The Morgan fingerprint density at radius 1 is 1.10 bits per heavy atom. The third kappa shape index (κ3) is 2.68. The summed E-state index contributed by atoms with van der Waals surface area (Å²) in [5.74, 6) is 1.92. The fraction of sp³-hybridized carbons (Fsp3) is 0.875. The van der Waals surface area contributed by atoms with Gasteiger partial charge < -0.3 is 4.74 Å². The lowest BCUT2D eigenvalue weighted by atomic mass is 9.49. The van der Waals surface area contributed by atoms with Crippen LogP contribution in [0.2, 0.25) is 0 Å². The first-order chi connectivity index (χ1) is 10.1. The molecule has 118 valence electrons. The number of amides is 2. The van der Waals surface area contributed by atoms with Gasteiger partial charge >= 0.3 is 0 Å². The van der Waals surface area contributed by atoms with E-state index in [9.17, 15) is 9.59 Å². The zero-order chi connectivity index (χ0) is 15.0. The van der Waals surface area contributed by atoms with E-state index >= 15 is 0 Å². The molecule has 4 bridgehead atoms. The molecule has 0 radical (unpaired) electrons. The SMILES string of the molecule is CC[C@H](OC)C(=O)NNC(=O)C12CC3CC(CC(C3)C1)C2. The monoisotopic (exact) mass is 294 g/mol. The minimum absolute atomic E-state index is 0.0147. The lowest BCUT2D eigenvalue weighted by Gasteiger charge is -2.55. The van der Waals surface area contributed by atoms with Gasteiger partial charge in [0, 0.05) is 7.11 Å². The summed E-state index contributed by atoms with van der Waals surface area (Å²) in [6, 6.07) is 0. The minimum Gasteiger partial charge on any atom is -0.372 e. The summed E-state index contributed by atoms with van der Waals surface area (Å²) in [6.45, 7) is 1.88. The summed E-state index contributed by atoms with van der Waals surface area (Å²) in [6.07, 6.45) is 7.02. The molecule has 0 aromatic heterocycles. The number of rotatable bonds is 4. The maximum absolute atomic E-state index is 12.6. The summed E-state index contributed by atoms with van der Waals surface area (Å²) in [5.41, 5.74) is 4.99. The van der Waals surface area contributed by atoms with Crippen LogP contribution >= 0.6 is 0 Å². The number of ether oxygens (including phenoxy) is 1. The van der Waals surface area contributed by atoms with Crippen LogP contribution in [-0.4, -0.2) is 25.0 Å². The van der Waals surface area contributed by atoms with E-state index in [0.717, 1.165) is 37.0 Å². The first-order valence-corrected chi connectivity index (χ1v) is 8.19. The van der Waals surface area contributed by atoms with Crippen molar-refractivity contribution in [2.45, 2.75) is 58.0 Å². The molecule has 4 aliphatic carbocycles. The summed E-state index contributed by atoms with van der Waals surface area (Å²) in [7, 11) is 1.51. The Kier molecular flexibility index (Phi) is 3.95. The molecule has 4 rings (SSSR count). The van der Waals surface area contributed by atoms with E-state index in [0.29, 0.717) is 6.42 Å². The normalized spacial score (nSPS) is 38.1. The summed E-state index contributed by atoms with van der Waals surface area (Å²) < 4.78 is 5.08. The summed E-state index contributed by atoms with van der Waals surface area (Å²) in [4.78, 5) is 24.5. The van der Waals surface area contributed by atoms with E-state index in [1.165, 1.54) is 26.4 Å². The molecule has 2 N–H and O–H groups in total. The first-order valence-electron chi connectivity index (χ1n) is 8.19. The Balaban J connectivity index is 1.59. The predicted octanol–water partition coefficient (Wildman–Crippen LogP) is 1.78. The van der Waals surface area contributed by atoms with E-state index in [4.69, 9.17) is 4.74 Å². The van der Waals surface area contributed by atoms with E-state index in [2.05, 4.69) is 10.9 Å². The van der Waals surface area contributed by atoms with Crippen LogP contribution in [0.1, 0.15) is 51.9 Å². The predicted molar refractivity (Wildman–Crippen MR) is 78.0 cm³/mol. The second kappa shape index (κ2) is 5.59. The third-order valence-electron chi connectivity index (χ3n) is 5.77. The summed E-state index contributed by atoms with van der Waals surface area (Å²) >= 11 is 0. The highest BCUT2D eigenvalue weighted by molar-refractivity contribution is 5.87. The molecule has 0 saturated heterocycles. The van der Waals surface area contributed by atoms with Crippen LogP contribution in [0.5, 0.6) is 0 Å². The Morgan fingerprint density at radius 2 is 1.62 bits per heavy atom. The molecule has 0 heterocycles. The maximum Gasteiger partial charge on any atom is 0.267 e. The first kappa shape index (κ1) is 14.8. The topological polar surface area (TPSA) is 67.4 Å². The minimum atomic E-state index is -0.498. The number of carbonyl (C=O) groups is 2. The molecule has 0 aliphatic heterocycles. The number of hydrogen-bond acceptors (Lipinski definition) is 3. The highest BCUT2D eigenvalue weighted by Crippen LogP contribution is 2.59. The van der Waals surface area contributed by atoms with Gasteiger partial charge in [0.25, 0.3) is 5.91 Å². The molecule has 5 nitrogen and oxygen atoms in total. The molecular formula is C16H26N2O3. The van der Waals surface area contributed by atoms with Crippen molar-refractivity contribution in [1.82, 2.24) is 10.9 Å². The number of methoxy groups -OCH3 is 1. The Bertz CT molecular complexity index is 396. The number of carbonyl (C=O) groups excluding carboxylic acids is 2. The van der Waals surface area contributed by atoms with Gasteiger partial charge in [-0.05, 0) is 62.7 Å². The smallest absolute Gasteiger partial charge is 0.267 e. The van der Waals surface area contributed by atoms with E-state index in [-0.39, 0.29) is 17.2 Å². The Hall–Kier alpha value is -1.10. The van der Waals surface area contributed by atoms with Crippen LogP contribution in [-0.2, 0) is 14.3 Å². The zero-order valence-corrected chi connectivity index (χ0v) is 13.0. The zero-order valence-electron chi connectivity index (χ0n) is 13.0. The van der Waals surface area contributed by atoms with Crippen molar-refractivity contribution in [3.8, 4) is 0 Å². The van der Waals surface area contributed by atoms with Crippen LogP contribution in [0, 0.1) is 23.2 Å². The van der Waals surface area contributed by atoms with Crippen LogP contribution in [0.15, 0.2) is 0 Å². The lowest BCUT2D eigenvalue weighted by Crippen LogP contribution is -2.57. The van der Waals surface area contributed by atoms with E-state index in [1.807, 2.05) is 6.92 Å². The Morgan fingerprint density at radius 3 is 2.05 bits per heavy atom. The molecule has 0 spiro atoms. The van der Waals surface area contributed by atoms with Gasteiger partial charge in [0.1, 0.15) is 6.10 Å². The second-order valence-corrected chi connectivity index (χ2v) is 7.27. The van der Waals surface area contributed by atoms with Crippen molar-refractivity contribution in [1.29, 1.82) is 0 Å². The molecule has 5 heteroatoms. The van der Waals surface area contributed by atoms with Gasteiger partial charge in [-0.15, -0.1) is 0 Å². The molecule has 4 saturated carbocycles. The van der Waals surface area contributed by atoms with Gasteiger partial charge in [-0.2, -0.15) is 0 Å². The van der Waals surface area contributed by atoms with Gasteiger partial charge in [0.2, 0.25) is 5.91 Å². The molecular weight excluding hydrogens is 268 g/mol.